The second-order valence-electron chi connectivity index (χ2n) is 10.3. The Labute approximate surface area is 236 Å². The van der Waals surface area contributed by atoms with Gasteiger partial charge in [-0.25, -0.2) is 0 Å². The number of aryl methyl sites for hydroxylation is 1. The maximum Gasteiger partial charge on any atom is 0.243 e. The molecule has 3 aromatic carbocycles. The number of aromatic nitrogens is 1. The Hall–Kier alpha value is -4.45. The molecule has 1 aromatic heterocycles. The number of nitrogens with one attached hydrogen (secondary N) is 3. The van der Waals surface area contributed by atoms with Crippen molar-refractivity contribution in [2.24, 2.45) is 0 Å². The summed E-state index contributed by atoms with van der Waals surface area (Å²) in [7, 11) is 0. The standard InChI is InChI=1S/C34H36N4O2/c39-33(37-30-18-9-16-25-11-7-8-17-29(25)30)31(19-10-22-36-28-20-23-35-24-21-28)38-34(40)32(26-12-3-1-4-13-26)27-14-5-2-6-15-27/h1-8,11-15,17,20-21,23-24,30-32H,9-10,16,18-19,22H2,(H,35,36)(H,37,39)(H,38,40)/t30-,31-/m1/s1. The largest absolute Gasteiger partial charge is 0.385 e. The molecule has 204 valence electrons. The summed E-state index contributed by atoms with van der Waals surface area (Å²) in [6.45, 7) is 0.677. The van der Waals surface area contributed by atoms with E-state index >= 15 is 0 Å². The van der Waals surface area contributed by atoms with Crippen molar-refractivity contribution in [1.82, 2.24) is 15.6 Å². The summed E-state index contributed by atoms with van der Waals surface area (Å²) in [6.07, 6.45) is 7.66. The number of fused-ring (bicyclic) bond motifs is 1. The molecule has 0 bridgehead atoms. The van der Waals surface area contributed by atoms with Crippen LogP contribution >= 0.6 is 0 Å². The zero-order chi connectivity index (χ0) is 27.6. The molecular formula is C34H36N4O2. The third-order valence-electron chi connectivity index (χ3n) is 7.53. The maximum absolute atomic E-state index is 13.9. The lowest BCUT2D eigenvalue weighted by Gasteiger charge is -2.29. The molecule has 4 aromatic rings. The Morgan fingerprint density at radius 3 is 2.15 bits per heavy atom. The Bertz CT molecular complexity index is 1340. The van der Waals surface area contributed by atoms with E-state index in [4.69, 9.17) is 0 Å². The number of hydrogen-bond acceptors (Lipinski definition) is 4. The molecule has 0 spiro atoms. The smallest absolute Gasteiger partial charge is 0.243 e. The molecule has 0 unspecified atom stereocenters. The van der Waals surface area contributed by atoms with Crippen molar-refractivity contribution in [2.75, 3.05) is 11.9 Å². The van der Waals surface area contributed by atoms with Gasteiger partial charge in [0.1, 0.15) is 6.04 Å². The van der Waals surface area contributed by atoms with E-state index in [0.29, 0.717) is 19.4 Å². The van der Waals surface area contributed by atoms with Gasteiger partial charge in [-0.2, -0.15) is 0 Å². The topological polar surface area (TPSA) is 83.1 Å². The third kappa shape index (κ3) is 6.94. The summed E-state index contributed by atoms with van der Waals surface area (Å²) in [4.78, 5) is 31.7. The molecule has 3 N–H and O–H groups in total. The Kier molecular flexibility index (Phi) is 9.20. The van der Waals surface area contributed by atoms with Gasteiger partial charge in [0.05, 0.1) is 12.0 Å². The van der Waals surface area contributed by atoms with Crippen molar-refractivity contribution in [2.45, 2.75) is 50.1 Å². The number of anilines is 1. The van der Waals surface area contributed by atoms with Crippen LogP contribution in [0.1, 0.15) is 59.9 Å². The van der Waals surface area contributed by atoms with Crippen molar-refractivity contribution in [1.29, 1.82) is 0 Å². The highest BCUT2D eigenvalue weighted by atomic mass is 16.2. The van der Waals surface area contributed by atoms with E-state index in [0.717, 1.165) is 36.1 Å². The first-order valence-electron chi connectivity index (χ1n) is 14.1. The number of benzene rings is 3. The molecule has 0 aliphatic heterocycles. The Morgan fingerprint density at radius 2 is 1.45 bits per heavy atom. The van der Waals surface area contributed by atoms with Gasteiger partial charge in [0.25, 0.3) is 0 Å². The zero-order valence-corrected chi connectivity index (χ0v) is 22.6. The minimum Gasteiger partial charge on any atom is -0.385 e. The number of hydrogen-bond donors (Lipinski definition) is 3. The van der Waals surface area contributed by atoms with E-state index in [9.17, 15) is 9.59 Å². The van der Waals surface area contributed by atoms with Crippen LogP contribution in [0.5, 0.6) is 0 Å². The molecule has 0 saturated heterocycles. The quantitative estimate of drug-likeness (QED) is 0.214. The number of rotatable bonds is 11. The molecule has 2 amide bonds. The van der Waals surface area contributed by atoms with Gasteiger partial charge in [-0.3, -0.25) is 14.6 Å². The summed E-state index contributed by atoms with van der Waals surface area (Å²) in [5.74, 6) is -0.828. The van der Waals surface area contributed by atoms with Crippen molar-refractivity contribution >= 4 is 17.5 Å². The number of carbonyl (C=O) groups excluding carboxylic acids is 2. The maximum atomic E-state index is 13.9. The zero-order valence-electron chi connectivity index (χ0n) is 22.6. The predicted molar refractivity (Wildman–Crippen MR) is 159 cm³/mol. The van der Waals surface area contributed by atoms with Crippen LogP contribution in [0.3, 0.4) is 0 Å². The van der Waals surface area contributed by atoms with Gasteiger partial charge in [-0.1, -0.05) is 84.9 Å². The third-order valence-corrected chi connectivity index (χ3v) is 7.53. The van der Waals surface area contributed by atoms with Gasteiger partial charge in [0.15, 0.2) is 0 Å². The highest BCUT2D eigenvalue weighted by molar-refractivity contribution is 5.92. The molecule has 6 heteroatoms. The highest BCUT2D eigenvalue weighted by Gasteiger charge is 2.30. The van der Waals surface area contributed by atoms with Crippen molar-refractivity contribution in [3.8, 4) is 0 Å². The van der Waals surface area contributed by atoms with Gasteiger partial charge < -0.3 is 16.0 Å². The van der Waals surface area contributed by atoms with Crippen molar-refractivity contribution in [3.63, 3.8) is 0 Å². The average Bonchev–Trinajstić information content (AvgIpc) is 3.00. The first kappa shape index (κ1) is 27.1. The van der Waals surface area contributed by atoms with E-state index in [2.05, 4.69) is 39.1 Å². The molecule has 1 heterocycles. The lowest BCUT2D eigenvalue weighted by molar-refractivity contribution is -0.130. The fourth-order valence-corrected chi connectivity index (χ4v) is 5.49. The Morgan fingerprint density at radius 1 is 0.800 bits per heavy atom. The summed E-state index contributed by atoms with van der Waals surface area (Å²) < 4.78 is 0. The first-order chi connectivity index (χ1) is 19.7. The predicted octanol–water partition coefficient (Wildman–Crippen LogP) is 5.78. The average molecular weight is 533 g/mol. The van der Waals surface area contributed by atoms with Gasteiger partial charge in [0, 0.05) is 24.6 Å². The molecule has 0 saturated carbocycles. The second-order valence-corrected chi connectivity index (χ2v) is 10.3. The van der Waals surface area contributed by atoms with E-state index < -0.39 is 12.0 Å². The Balaban J connectivity index is 1.33. The van der Waals surface area contributed by atoms with Crippen molar-refractivity contribution in [3.05, 3.63) is 132 Å². The highest BCUT2D eigenvalue weighted by Crippen LogP contribution is 2.30. The van der Waals surface area contributed by atoms with Crippen LogP contribution in [0.2, 0.25) is 0 Å². The SMILES string of the molecule is O=C(N[C@H](CCCNc1ccncc1)C(=O)N[C@@H]1CCCc2ccccc21)C(c1ccccc1)c1ccccc1. The van der Waals surface area contributed by atoms with E-state index in [-0.39, 0.29) is 17.9 Å². The monoisotopic (exact) mass is 532 g/mol. The van der Waals surface area contributed by atoms with Gasteiger partial charge in [-0.15, -0.1) is 0 Å². The van der Waals surface area contributed by atoms with Crippen LogP contribution in [0.25, 0.3) is 0 Å². The second kappa shape index (κ2) is 13.6. The fraction of sp³-hybridized carbons (Fsp3) is 0.265. The summed E-state index contributed by atoms with van der Waals surface area (Å²) in [6, 6.07) is 30.9. The van der Waals surface area contributed by atoms with E-state index in [1.165, 1.54) is 11.1 Å². The molecule has 0 radical (unpaired) electrons. The van der Waals surface area contributed by atoms with Crippen LogP contribution in [0, 0.1) is 0 Å². The van der Waals surface area contributed by atoms with E-state index in [1.54, 1.807) is 12.4 Å². The summed E-state index contributed by atoms with van der Waals surface area (Å²) >= 11 is 0. The van der Waals surface area contributed by atoms with Crippen LogP contribution in [0.4, 0.5) is 5.69 Å². The van der Waals surface area contributed by atoms with Crippen LogP contribution in [0.15, 0.2) is 109 Å². The summed E-state index contributed by atoms with van der Waals surface area (Å²) in [5, 5.41) is 9.79. The molecule has 6 nitrogen and oxygen atoms in total. The minimum atomic E-state index is -0.657. The number of amides is 2. The molecule has 1 aliphatic rings. The van der Waals surface area contributed by atoms with Crippen LogP contribution < -0.4 is 16.0 Å². The lowest BCUT2D eigenvalue weighted by Crippen LogP contribution is -2.49. The first-order valence-corrected chi connectivity index (χ1v) is 14.1. The van der Waals surface area contributed by atoms with Crippen LogP contribution in [-0.2, 0) is 16.0 Å². The normalized spacial score (nSPS) is 15.1. The molecule has 40 heavy (non-hydrogen) atoms. The lowest BCUT2D eigenvalue weighted by atomic mass is 9.87. The molecule has 1 aliphatic carbocycles. The molecule has 5 rings (SSSR count). The van der Waals surface area contributed by atoms with Gasteiger partial charge >= 0.3 is 0 Å². The number of carbonyl (C=O) groups is 2. The summed E-state index contributed by atoms with van der Waals surface area (Å²) in [5.41, 5.74) is 5.23. The van der Waals surface area contributed by atoms with Crippen LogP contribution in [-0.4, -0.2) is 29.4 Å². The van der Waals surface area contributed by atoms with Crippen molar-refractivity contribution < 1.29 is 9.59 Å². The minimum absolute atomic E-state index is 0.0501. The van der Waals surface area contributed by atoms with E-state index in [1.807, 2.05) is 78.9 Å². The van der Waals surface area contributed by atoms with Gasteiger partial charge in [0.2, 0.25) is 11.8 Å². The molecule has 0 fully saturated rings. The van der Waals surface area contributed by atoms with Gasteiger partial charge in [-0.05, 0) is 66.5 Å². The molecular weight excluding hydrogens is 496 g/mol. The fourth-order valence-electron chi connectivity index (χ4n) is 5.49. The molecule has 2 atom stereocenters. The number of nitrogens with zero attached hydrogens (tertiary/aromatic N) is 1. The number of pyridine rings is 1.